The molecular formula is C10H12BrNO3S. The van der Waals surface area contributed by atoms with Crippen molar-refractivity contribution in [3.05, 3.63) is 28.2 Å². The maximum absolute atomic E-state index is 11.1. The Morgan fingerprint density at radius 2 is 2.25 bits per heavy atom. The molecule has 88 valence electrons. The van der Waals surface area contributed by atoms with Crippen LogP contribution in [0.2, 0.25) is 0 Å². The second-order valence-corrected chi connectivity index (χ2v) is 6.55. The third kappa shape index (κ3) is 2.96. The summed E-state index contributed by atoms with van der Waals surface area (Å²) < 4.78 is 31.2. The molecule has 0 saturated carbocycles. The summed E-state index contributed by atoms with van der Waals surface area (Å²) in [6.07, 6.45) is 1.81. The van der Waals surface area contributed by atoms with E-state index in [1.54, 1.807) is 0 Å². The van der Waals surface area contributed by atoms with Gasteiger partial charge in [-0.3, -0.25) is 0 Å². The summed E-state index contributed by atoms with van der Waals surface area (Å²) in [6.45, 7) is 0.377. The van der Waals surface area contributed by atoms with Crippen molar-refractivity contribution in [2.45, 2.75) is 12.5 Å². The van der Waals surface area contributed by atoms with Crippen LogP contribution in [0.25, 0.3) is 0 Å². The molecule has 1 N–H and O–H groups in total. The molecule has 1 unspecified atom stereocenters. The van der Waals surface area contributed by atoms with Gasteiger partial charge < -0.3 is 4.74 Å². The Labute approximate surface area is 103 Å². The van der Waals surface area contributed by atoms with Gasteiger partial charge in [-0.25, -0.2) is 13.1 Å². The van der Waals surface area contributed by atoms with E-state index in [0.29, 0.717) is 13.0 Å². The molecule has 4 nitrogen and oxygen atoms in total. The van der Waals surface area contributed by atoms with Crippen LogP contribution in [0.3, 0.4) is 0 Å². The predicted octanol–water partition coefficient (Wildman–Crippen LogP) is 1.30. The van der Waals surface area contributed by atoms with E-state index in [2.05, 4.69) is 20.7 Å². The normalized spacial score (nSPS) is 20.0. The Hall–Kier alpha value is -0.590. The number of fused-ring (bicyclic) bond motifs is 1. The number of ether oxygens (including phenoxy) is 1. The highest BCUT2D eigenvalue weighted by Crippen LogP contribution is 2.27. The van der Waals surface area contributed by atoms with Gasteiger partial charge in [0.25, 0.3) is 0 Å². The van der Waals surface area contributed by atoms with E-state index in [1.165, 1.54) is 0 Å². The van der Waals surface area contributed by atoms with Gasteiger partial charge in [-0.05, 0) is 30.2 Å². The van der Waals surface area contributed by atoms with Crippen molar-refractivity contribution in [1.82, 2.24) is 4.72 Å². The van der Waals surface area contributed by atoms with Gasteiger partial charge in [0.05, 0.1) is 12.3 Å². The largest absolute Gasteiger partial charge is 0.492 e. The quantitative estimate of drug-likeness (QED) is 0.896. The zero-order valence-electron chi connectivity index (χ0n) is 8.73. The molecule has 1 atom stereocenters. The highest BCUT2D eigenvalue weighted by atomic mass is 79.9. The summed E-state index contributed by atoms with van der Waals surface area (Å²) in [5.41, 5.74) is 1.02. The van der Waals surface area contributed by atoms with Gasteiger partial charge in [-0.2, -0.15) is 0 Å². The van der Waals surface area contributed by atoms with Gasteiger partial charge in [0.2, 0.25) is 10.0 Å². The highest BCUT2D eigenvalue weighted by Gasteiger charge is 2.22. The fraction of sp³-hybridized carbons (Fsp3) is 0.400. The van der Waals surface area contributed by atoms with Crippen LogP contribution in [-0.4, -0.2) is 27.3 Å². The maximum atomic E-state index is 11.1. The fourth-order valence-electron chi connectivity index (χ4n) is 1.74. The van der Waals surface area contributed by atoms with E-state index >= 15 is 0 Å². The van der Waals surface area contributed by atoms with Crippen LogP contribution in [-0.2, 0) is 16.4 Å². The molecule has 1 aliphatic heterocycles. The molecule has 0 radical (unpaired) electrons. The van der Waals surface area contributed by atoms with Crippen LogP contribution in [0.5, 0.6) is 5.75 Å². The van der Waals surface area contributed by atoms with Crippen molar-refractivity contribution < 1.29 is 13.2 Å². The molecule has 1 heterocycles. The van der Waals surface area contributed by atoms with E-state index in [1.807, 2.05) is 18.2 Å². The first kappa shape index (κ1) is 11.9. The number of sulfonamides is 1. The summed E-state index contributed by atoms with van der Waals surface area (Å²) in [4.78, 5) is 0. The topological polar surface area (TPSA) is 55.4 Å². The van der Waals surface area contributed by atoms with Gasteiger partial charge in [-0.15, -0.1) is 0 Å². The maximum Gasteiger partial charge on any atom is 0.209 e. The monoisotopic (exact) mass is 305 g/mol. The van der Waals surface area contributed by atoms with Crippen molar-refractivity contribution >= 4 is 26.0 Å². The highest BCUT2D eigenvalue weighted by molar-refractivity contribution is 9.10. The fourth-order valence-corrected chi connectivity index (χ4v) is 2.91. The van der Waals surface area contributed by atoms with E-state index in [9.17, 15) is 8.42 Å². The smallest absolute Gasteiger partial charge is 0.209 e. The Kier molecular flexibility index (Phi) is 3.23. The SMILES string of the molecule is CS(=O)(=O)NC1COc2ccc(Br)cc2C1. The zero-order valence-corrected chi connectivity index (χ0v) is 11.1. The van der Waals surface area contributed by atoms with Crippen LogP contribution in [0.4, 0.5) is 0 Å². The van der Waals surface area contributed by atoms with Gasteiger partial charge in [0.15, 0.2) is 0 Å². The minimum Gasteiger partial charge on any atom is -0.492 e. The number of nitrogens with one attached hydrogen (secondary N) is 1. The Balaban J connectivity index is 2.17. The van der Waals surface area contributed by atoms with E-state index in [0.717, 1.165) is 22.0 Å². The molecular weight excluding hydrogens is 294 g/mol. The van der Waals surface area contributed by atoms with Gasteiger partial charge in [0.1, 0.15) is 12.4 Å². The molecule has 0 aliphatic carbocycles. The Bertz CT molecular complexity index is 501. The van der Waals surface area contributed by atoms with Gasteiger partial charge in [0, 0.05) is 4.47 Å². The van der Waals surface area contributed by atoms with Gasteiger partial charge in [-0.1, -0.05) is 15.9 Å². The number of hydrogen-bond donors (Lipinski definition) is 1. The van der Waals surface area contributed by atoms with Crippen molar-refractivity contribution in [2.24, 2.45) is 0 Å². The second kappa shape index (κ2) is 4.35. The lowest BCUT2D eigenvalue weighted by Crippen LogP contribution is -2.42. The first-order chi connectivity index (χ1) is 7.44. The van der Waals surface area contributed by atoms with Crippen molar-refractivity contribution in [3.8, 4) is 5.75 Å². The molecule has 16 heavy (non-hydrogen) atoms. The Morgan fingerprint density at radius 1 is 1.50 bits per heavy atom. The van der Waals surface area contributed by atoms with Crippen molar-refractivity contribution in [1.29, 1.82) is 0 Å². The number of halogens is 1. The van der Waals surface area contributed by atoms with Crippen LogP contribution >= 0.6 is 15.9 Å². The minimum absolute atomic E-state index is 0.184. The lowest BCUT2D eigenvalue weighted by molar-refractivity contribution is 0.254. The van der Waals surface area contributed by atoms with Crippen LogP contribution in [0.15, 0.2) is 22.7 Å². The molecule has 0 aromatic heterocycles. The second-order valence-electron chi connectivity index (χ2n) is 3.85. The molecule has 6 heteroatoms. The average Bonchev–Trinajstić information content (AvgIpc) is 2.14. The molecule has 0 spiro atoms. The lowest BCUT2D eigenvalue weighted by Gasteiger charge is -2.25. The number of benzene rings is 1. The summed E-state index contributed by atoms with van der Waals surface area (Å²) in [5, 5.41) is 0. The first-order valence-corrected chi connectivity index (χ1v) is 7.51. The molecule has 0 fully saturated rings. The predicted molar refractivity (Wildman–Crippen MR) is 65.1 cm³/mol. The van der Waals surface area contributed by atoms with Crippen LogP contribution in [0.1, 0.15) is 5.56 Å². The molecule has 1 aliphatic rings. The molecule has 0 saturated heterocycles. The molecule has 1 aromatic carbocycles. The molecule has 0 amide bonds. The number of rotatable bonds is 2. The summed E-state index contributed by atoms with van der Waals surface area (Å²) in [5.74, 6) is 0.828. The van der Waals surface area contributed by atoms with E-state index in [4.69, 9.17) is 4.74 Å². The van der Waals surface area contributed by atoms with Crippen molar-refractivity contribution in [3.63, 3.8) is 0 Å². The third-order valence-corrected chi connectivity index (χ3v) is 3.56. The summed E-state index contributed by atoms with van der Waals surface area (Å²) in [6, 6.07) is 5.56. The van der Waals surface area contributed by atoms with E-state index < -0.39 is 10.0 Å². The zero-order chi connectivity index (χ0) is 11.8. The van der Waals surface area contributed by atoms with Gasteiger partial charge >= 0.3 is 0 Å². The molecule has 0 bridgehead atoms. The van der Waals surface area contributed by atoms with Crippen LogP contribution in [0, 0.1) is 0 Å². The third-order valence-electron chi connectivity index (χ3n) is 2.31. The first-order valence-electron chi connectivity index (χ1n) is 4.82. The molecule has 1 aromatic rings. The lowest BCUT2D eigenvalue weighted by atomic mass is 10.0. The minimum atomic E-state index is -3.18. The molecule has 2 rings (SSSR count). The van der Waals surface area contributed by atoms with E-state index in [-0.39, 0.29) is 6.04 Å². The summed E-state index contributed by atoms with van der Waals surface area (Å²) >= 11 is 3.38. The average molecular weight is 306 g/mol. The summed E-state index contributed by atoms with van der Waals surface area (Å²) in [7, 11) is -3.18. The number of hydrogen-bond acceptors (Lipinski definition) is 3. The van der Waals surface area contributed by atoms with Crippen molar-refractivity contribution in [2.75, 3.05) is 12.9 Å². The standard InChI is InChI=1S/C10H12BrNO3S/c1-16(13,14)12-9-5-7-4-8(11)2-3-10(7)15-6-9/h2-4,9,12H,5-6H2,1H3. The Morgan fingerprint density at radius 3 is 2.94 bits per heavy atom. The van der Waals surface area contributed by atoms with Crippen LogP contribution < -0.4 is 9.46 Å².